The zero-order valence-electron chi connectivity index (χ0n) is 6.13. The second-order valence-electron chi connectivity index (χ2n) is 1.65. The average Bonchev–Trinajstić information content (AvgIpc) is 2.00. The van der Waals surface area contributed by atoms with Gasteiger partial charge >= 0.3 is 0 Å². The lowest BCUT2D eigenvalue weighted by molar-refractivity contribution is -0.112. The summed E-state index contributed by atoms with van der Waals surface area (Å²) in [6.07, 6.45) is 4.59. The molecule has 4 heteroatoms. The van der Waals surface area contributed by atoms with Crippen molar-refractivity contribution in [3.05, 3.63) is 0 Å². The summed E-state index contributed by atoms with van der Waals surface area (Å²) >= 11 is 0. The minimum atomic E-state index is -0.491. The molecule has 0 aromatic rings. The van der Waals surface area contributed by atoms with Gasteiger partial charge in [-0.3, -0.25) is 5.84 Å². The summed E-state index contributed by atoms with van der Waals surface area (Å²) in [6, 6.07) is -0.407. The molecule has 0 radical (unpaired) electrons. The van der Waals surface area contributed by atoms with Crippen LogP contribution in [0.3, 0.4) is 0 Å². The number of hydrogen-bond donors (Lipinski definition) is 2. The number of hydrogen-bond acceptors (Lipinski definition) is 4. The van der Waals surface area contributed by atoms with Crippen molar-refractivity contribution < 1.29 is 9.47 Å². The highest BCUT2D eigenvalue weighted by Crippen LogP contribution is 1.95. The van der Waals surface area contributed by atoms with Crippen molar-refractivity contribution in [2.75, 3.05) is 14.2 Å². The fraction of sp³-hybridized carbons (Fsp3) is 0.667. The third-order valence-corrected chi connectivity index (χ3v) is 1.10. The number of rotatable bonds is 4. The highest BCUT2D eigenvalue weighted by atomic mass is 16.7. The summed E-state index contributed by atoms with van der Waals surface area (Å²) < 4.78 is 9.67. The minimum absolute atomic E-state index is 0.407. The Morgan fingerprint density at radius 3 is 2.10 bits per heavy atom. The molecule has 0 aromatic heterocycles. The molecule has 0 aromatic carbocycles. The molecule has 0 fully saturated rings. The van der Waals surface area contributed by atoms with Crippen molar-refractivity contribution >= 4 is 0 Å². The number of terminal acetylenes is 1. The molecule has 0 rings (SSSR count). The SMILES string of the molecule is C#CC(NN)C(OC)OC. The van der Waals surface area contributed by atoms with E-state index in [0.717, 1.165) is 0 Å². The Hall–Kier alpha value is -0.600. The first-order valence-corrected chi connectivity index (χ1v) is 2.78. The van der Waals surface area contributed by atoms with Crippen LogP contribution in [0.15, 0.2) is 0 Å². The van der Waals surface area contributed by atoms with E-state index in [1.165, 1.54) is 14.2 Å². The van der Waals surface area contributed by atoms with Crippen LogP contribution in [0.2, 0.25) is 0 Å². The van der Waals surface area contributed by atoms with Gasteiger partial charge in [0.25, 0.3) is 0 Å². The van der Waals surface area contributed by atoms with Gasteiger partial charge in [-0.1, -0.05) is 5.92 Å². The van der Waals surface area contributed by atoms with Crippen molar-refractivity contribution in [2.45, 2.75) is 12.3 Å². The molecular formula is C6H12N2O2. The normalized spacial score (nSPS) is 13.1. The van der Waals surface area contributed by atoms with Crippen LogP contribution in [0.1, 0.15) is 0 Å². The number of nitrogens with two attached hydrogens (primary N) is 1. The van der Waals surface area contributed by atoms with E-state index in [9.17, 15) is 0 Å². The van der Waals surface area contributed by atoms with Crippen molar-refractivity contribution in [3.63, 3.8) is 0 Å². The van der Waals surface area contributed by atoms with Gasteiger partial charge in [0, 0.05) is 14.2 Å². The second-order valence-corrected chi connectivity index (χ2v) is 1.65. The molecule has 1 unspecified atom stereocenters. The molecular weight excluding hydrogens is 132 g/mol. The van der Waals surface area contributed by atoms with E-state index in [-0.39, 0.29) is 0 Å². The van der Waals surface area contributed by atoms with Crippen LogP contribution in [0.25, 0.3) is 0 Å². The van der Waals surface area contributed by atoms with E-state index >= 15 is 0 Å². The largest absolute Gasteiger partial charge is 0.353 e. The van der Waals surface area contributed by atoms with Gasteiger partial charge in [-0.15, -0.1) is 6.42 Å². The van der Waals surface area contributed by atoms with Gasteiger partial charge in [0.15, 0.2) is 6.29 Å². The molecule has 0 bridgehead atoms. The number of ether oxygens (including phenoxy) is 2. The van der Waals surface area contributed by atoms with E-state index in [4.69, 9.17) is 21.7 Å². The minimum Gasteiger partial charge on any atom is -0.353 e. The quantitative estimate of drug-likeness (QED) is 0.232. The molecule has 0 aliphatic heterocycles. The van der Waals surface area contributed by atoms with E-state index in [0.29, 0.717) is 0 Å². The summed E-state index contributed by atoms with van der Waals surface area (Å²) in [5.74, 6) is 7.45. The smallest absolute Gasteiger partial charge is 0.184 e. The molecule has 3 N–H and O–H groups in total. The monoisotopic (exact) mass is 144 g/mol. The van der Waals surface area contributed by atoms with Gasteiger partial charge in [0.1, 0.15) is 6.04 Å². The van der Waals surface area contributed by atoms with Crippen molar-refractivity contribution in [1.82, 2.24) is 5.43 Å². The molecule has 0 amide bonds. The molecule has 58 valence electrons. The van der Waals surface area contributed by atoms with Crippen LogP contribution in [-0.2, 0) is 9.47 Å². The van der Waals surface area contributed by atoms with Crippen molar-refractivity contribution in [3.8, 4) is 12.3 Å². The fourth-order valence-corrected chi connectivity index (χ4v) is 0.574. The number of nitrogens with one attached hydrogen (secondary N) is 1. The van der Waals surface area contributed by atoms with Crippen LogP contribution in [0.4, 0.5) is 0 Å². The van der Waals surface area contributed by atoms with Gasteiger partial charge in [-0.05, 0) is 0 Å². The molecule has 0 saturated heterocycles. The number of methoxy groups -OCH3 is 2. The predicted octanol–water partition coefficient (Wildman–Crippen LogP) is -0.930. The highest BCUT2D eigenvalue weighted by molar-refractivity contribution is 4.99. The molecule has 0 saturated carbocycles. The lowest BCUT2D eigenvalue weighted by Crippen LogP contribution is -2.44. The molecule has 1 atom stereocenters. The van der Waals surface area contributed by atoms with Crippen LogP contribution in [0, 0.1) is 12.3 Å². The van der Waals surface area contributed by atoms with Crippen molar-refractivity contribution in [1.29, 1.82) is 0 Å². The Kier molecular flexibility index (Phi) is 4.89. The van der Waals surface area contributed by atoms with E-state index in [1.807, 2.05) is 0 Å². The standard InChI is InChI=1S/C6H12N2O2/c1-4-5(8-7)6(9-2)10-3/h1,5-6,8H,7H2,2-3H3. The van der Waals surface area contributed by atoms with E-state index in [1.54, 1.807) is 0 Å². The lowest BCUT2D eigenvalue weighted by atomic mass is 10.3. The predicted molar refractivity (Wildman–Crippen MR) is 37.8 cm³/mol. The second kappa shape index (κ2) is 5.21. The number of hydrazine groups is 1. The van der Waals surface area contributed by atoms with Crippen molar-refractivity contribution in [2.24, 2.45) is 5.84 Å². The van der Waals surface area contributed by atoms with Gasteiger partial charge < -0.3 is 9.47 Å². The summed E-state index contributed by atoms with van der Waals surface area (Å²) in [6.45, 7) is 0. The summed E-state index contributed by atoms with van der Waals surface area (Å²) in [4.78, 5) is 0. The Labute approximate surface area is 60.7 Å². The first-order valence-electron chi connectivity index (χ1n) is 2.78. The Balaban J connectivity index is 3.85. The summed E-state index contributed by atoms with van der Waals surface area (Å²) in [5, 5.41) is 0. The van der Waals surface area contributed by atoms with Gasteiger partial charge in [0.2, 0.25) is 0 Å². The molecule has 4 nitrogen and oxygen atoms in total. The first-order chi connectivity index (χ1) is 4.79. The molecule has 0 heterocycles. The summed E-state index contributed by atoms with van der Waals surface area (Å²) in [5.41, 5.74) is 2.37. The maximum atomic E-state index is 5.08. The maximum absolute atomic E-state index is 5.08. The topological polar surface area (TPSA) is 56.5 Å². The third-order valence-electron chi connectivity index (χ3n) is 1.10. The summed E-state index contributed by atoms with van der Waals surface area (Å²) in [7, 11) is 2.99. The van der Waals surface area contributed by atoms with Crippen LogP contribution in [-0.4, -0.2) is 26.6 Å². The van der Waals surface area contributed by atoms with Crippen LogP contribution >= 0.6 is 0 Å². The van der Waals surface area contributed by atoms with Gasteiger partial charge in [0.05, 0.1) is 0 Å². The third kappa shape index (κ3) is 2.33. The maximum Gasteiger partial charge on any atom is 0.184 e. The van der Waals surface area contributed by atoms with Gasteiger partial charge in [-0.2, -0.15) is 0 Å². The highest BCUT2D eigenvalue weighted by Gasteiger charge is 2.15. The molecule has 0 spiro atoms. The zero-order chi connectivity index (χ0) is 7.98. The van der Waals surface area contributed by atoms with Crippen LogP contribution < -0.4 is 11.3 Å². The average molecular weight is 144 g/mol. The Morgan fingerprint density at radius 2 is 2.00 bits per heavy atom. The Morgan fingerprint density at radius 1 is 1.50 bits per heavy atom. The first kappa shape index (κ1) is 9.40. The van der Waals surface area contributed by atoms with Crippen LogP contribution in [0.5, 0.6) is 0 Å². The molecule has 0 aliphatic rings. The lowest BCUT2D eigenvalue weighted by Gasteiger charge is -2.18. The van der Waals surface area contributed by atoms with E-state index in [2.05, 4.69) is 11.3 Å². The molecule has 0 aliphatic carbocycles. The zero-order valence-corrected chi connectivity index (χ0v) is 6.13. The van der Waals surface area contributed by atoms with Gasteiger partial charge in [-0.25, -0.2) is 5.43 Å². The Bertz CT molecular complexity index is 117. The molecule has 10 heavy (non-hydrogen) atoms. The van der Waals surface area contributed by atoms with E-state index < -0.39 is 12.3 Å². The fourth-order valence-electron chi connectivity index (χ4n) is 0.574.